The molecular weight excluding hydrogens is 286 g/mol. The van der Waals surface area contributed by atoms with Crippen molar-refractivity contribution >= 4 is 11.4 Å². The molecule has 23 heavy (non-hydrogen) atoms. The third-order valence-electron chi connectivity index (χ3n) is 4.33. The van der Waals surface area contributed by atoms with Crippen molar-refractivity contribution in [3.63, 3.8) is 0 Å². The number of hydrogen-bond donors (Lipinski definition) is 0. The van der Waals surface area contributed by atoms with Gasteiger partial charge in [0.2, 0.25) is 5.43 Å². The molecule has 0 bridgehead atoms. The van der Waals surface area contributed by atoms with Crippen LogP contribution < -0.4 is 15.8 Å². The highest BCUT2D eigenvalue weighted by Gasteiger charge is 2.27. The molecule has 0 saturated carbocycles. The first-order valence-corrected chi connectivity index (χ1v) is 7.78. The van der Waals surface area contributed by atoms with Crippen molar-refractivity contribution in [2.75, 3.05) is 11.4 Å². The molecule has 116 valence electrons. The van der Waals surface area contributed by atoms with Gasteiger partial charge in [-0.2, -0.15) is 0 Å². The molecule has 0 radical (unpaired) electrons. The molecule has 0 aliphatic rings. The van der Waals surface area contributed by atoms with Gasteiger partial charge in [0.05, 0.1) is 5.56 Å². The Labute approximate surface area is 135 Å². The van der Waals surface area contributed by atoms with E-state index in [0.717, 1.165) is 16.8 Å². The summed E-state index contributed by atoms with van der Waals surface area (Å²) in [5.74, 6) is 0. The maximum absolute atomic E-state index is 12.2. The van der Waals surface area contributed by atoms with E-state index in [0.29, 0.717) is 17.8 Å². The Balaban J connectivity index is 2.15. The van der Waals surface area contributed by atoms with Crippen molar-refractivity contribution in [1.29, 1.82) is 0 Å². The fourth-order valence-corrected chi connectivity index (χ4v) is 2.88. The van der Waals surface area contributed by atoms with Crippen LogP contribution in [0.25, 0.3) is 11.1 Å². The molecule has 3 aromatic rings. The van der Waals surface area contributed by atoms with Gasteiger partial charge in [0.25, 0.3) is 5.43 Å². The second-order valence-electron chi connectivity index (χ2n) is 5.76. The lowest BCUT2D eigenvalue weighted by Gasteiger charge is -2.26. The third kappa shape index (κ3) is 2.48. The Morgan fingerprint density at radius 2 is 1.57 bits per heavy atom. The van der Waals surface area contributed by atoms with Crippen LogP contribution in [0.1, 0.15) is 18.1 Å². The maximum atomic E-state index is 12.2. The van der Waals surface area contributed by atoms with Gasteiger partial charge in [0.1, 0.15) is 5.69 Å². The first-order chi connectivity index (χ1) is 11.0. The van der Waals surface area contributed by atoms with Crippen molar-refractivity contribution in [3.05, 3.63) is 80.1 Å². The van der Waals surface area contributed by atoms with Gasteiger partial charge >= 0.3 is 0 Å². The monoisotopic (exact) mass is 305 g/mol. The molecule has 0 aromatic heterocycles. The van der Waals surface area contributed by atoms with Gasteiger partial charge in [-0.25, -0.2) is 0 Å². The van der Waals surface area contributed by atoms with Gasteiger partial charge in [-0.1, -0.05) is 36.4 Å². The average Bonchev–Trinajstić information content (AvgIpc) is 2.58. The lowest BCUT2D eigenvalue weighted by Crippen LogP contribution is -2.40. The zero-order chi connectivity index (χ0) is 16.6. The van der Waals surface area contributed by atoms with Crippen molar-refractivity contribution in [1.82, 2.24) is 0 Å². The maximum Gasteiger partial charge on any atom is 0.250 e. The van der Waals surface area contributed by atoms with Crippen molar-refractivity contribution in [2.24, 2.45) is 0 Å². The number of para-hydroxylation sites is 1. The lowest BCUT2D eigenvalue weighted by atomic mass is 9.94. The molecule has 0 fully saturated rings. The molecule has 0 amide bonds. The minimum Gasteiger partial charge on any atom is -0.338 e. The van der Waals surface area contributed by atoms with E-state index in [4.69, 9.17) is 0 Å². The number of benzene rings is 2. The highest BCUT2D eigenvalue weighted by Crippen LogP contribution is 2.32. The molecule has 3 rings (SSSR count). The summed E-state index contributed by atoms with van der Waals surface area (Å²) in [7, 11) is 0. The molecule has 3 heteroatoms. The standard InChI is InChI=1S/C20H19NO2/c1-4-21(16-8-6-5-7-9-16)18-17(19(22)20(18)23)15-11-10-13(2)14(3)12-15/h5-12H,4H2,1-3H3. The summed E-state index contributed by atoms with van der Waals surface area (Å²) in [5, 5.41) is 0. The van der Waals surface area contributed by atoms with Gasteiger partial charge < -0.3 is 4.90 Å². The van der Waals surface area contributed by atoms with Crippen LogP contribution in [-0.4, -0.2) is 6.54 Å². The number of aryl methyl sites for hydroxylation is 2. The van der Waals surface area contributed by atoms with E-state index < -0.39 is 10.9 Å². The SMILES string of the molecule is CCN(c1ccccc1)c1c(-c2ccc(C)c(C)c2)c(=O)c1=O. The number of hydrogen-bond acceptors (Lipinski definition) is 3. The Hall–Kier alpha value is -2.68. The molecule has 3 aromatic carbocycles. The van der Waals surface area contributed by atoms with Crippen LogP contribution in [0.4, 0.5) is 11.4 Å². The largest absolute Gasteiger partial charge is 0.338 e. The van der Waals surface area contributed by atoms with Crippen LogP contribution >= 0.6 is 0 Å². The number of nitrogens with zero attached hydrogens (tertiary/aromatic N) is 1. The quantitative estimate of drug-likeness (QED) is 0.689. The molecule has 0 atom stereocenters. The Morgan fingerprint density at radius 3 is 2.17 bits per heavy atom. The van der Waals surface area contributed by atoms with E-state index in [1.807, 2.05) is 74.2 Å². The summed E-state index contributed by atoms with van der Waals surface area (Å²) in [4.78, 5) is 26.3. The minimum absolute atomic E-state index is 0.391. The molecule has 0 N–H and O–H groups in total. The van der Waals surface area contributed by atoms with Crippen LogP contribution in [0.2, 0.25) is 0 Å². The first kappa shape index (κ1) is 15.2. The molecule has 0 aliphatic heterocycles. The predicted molar refractivity (Wildman–Crippen MR) is 95.4 cm³/mol. The van der Waals surface area contributed by atoms with Crippen molar-refractivity contribution in [2.45, 2.75) is 20.8 Å². The molecule has 0 unspecified atom stereocenters. The summed E-state index contributed by atoms with van der Waals surface area (Å²) in [6.07, 6.45) is 0. The highest BCUT2D eigenvalue weighted by atomic mass is 16.2. The fourth-order valence-electron chi connectivity index (χ4n) is 2.88. The summed E-state index contributed by atoms with van der Waals surface area (Å²) in [6.45, 7) is 6.66. The molecule has 0 saturated heterocycles. The van der Waals surface area contributed by atoms with Gasteiger partial charge in [-0.15, -0.1) is 0 Å². The molecule has 3 nitrogen and oxygen atoms in total. The lowest BCUT2D eigenvalue weighted by molar-refractivity contribution is 1.01. The van der Waals surface area contributed by atoms with Gasteiger partial charge in [-0.05, 0) is 49.6 Å². The topological polar surface area (TPSA) is 37.4 Å². The second kappa shape index (κ2) is 5.84. The van der Waals surface area contributed by atoms with Gasteiger partial charge in [0.15, 0.2) is 0 Å². The summed E-state index contributed by atoms with van der Waals surface area (Å²) < 4.78 is 0. The molecule has 0 aliphatic carbocycles. The van der Waals surface area contributed by atoms with E-state index in [-0.39, 0.29) is 0 Å². The van der Waals surface area contributed by atoms with E-state index >= 15 is 0 Å². The molecule has 0 heterocycles. The van der Waals surface area contributed by atoms with Crippen molar-refractivity contribution in [3.8, 4) is 11.1 Å². The Morgan fingerprint density at radius 1 is 0.870 bits per heavy atom. The normalized spacial score (nSPS) is 10.9. The van der Waals surface area contributed by atoms with Crippen LogP contribution in [0.5, 0.6) is 0 Å². The van der Waals surface area contributed by atoms with Crippen LogP contribution in [0, 0.1) is 13.8 Å². The van der Waals surface area contributed by atoms with E-state index in [1.54, 1.807) is 0 Å². The Bertz CT molecular complexity index is 919. The smallest absolute Gasteiger partial charge is 0.250 e. The van der Waals surface area contributed by atoms with E-state index in [1.165, 1.54) is 5.56 Å². The van der Waals surface area contributed by atoms with Crippen molar-refractivity contribution < 1.29 is 0 Å². The van der Waals surface area contributed by atoms with E-state index in [2.05, 4.69) is 0 Å². The van der Waals surface area contributed by atoms with Crippen LogP contribution in [-0.2, 0) is 0 Å². The zero-order valence-electron chi connectivity index (χ0n) is 13.6. The van der Waals surface area contributed by atoms with Gasteiger partial charge in [0, 0.05) is 12.2 Å². The second-order valence-corrected chi connectivity index (χ2v) is 5.76. The van der Waals surface area contributed by atoms with Crippen LogP contribution in [0.15, 0.2) is 58.1 Å². The predicted octanol–water partition coefficient (Wildman–Crippen LogP) is 3.72. The van der Waals surface area contributed by atoms with Gasteiger partial charge in [-0.3, -0.25) is 9.59 Å². The zero-order valence-corrected chi connectivity index (χ0v) is 13.6. The first-order valence-electron chi connectivity index (χ1n) is 7.78. The molecular formula is C20H19NO2. The van der Waals surface area contributed by atoms with Crippen LogP contribution in [0.3, 0.4) is 0 Å². The minimum atomic E-state index is -0.399. The number of rotatable bonds is 4. The fraction of sp³-hybridized carbons (Fsp3) is 0.200. The third-order valence-corrected chi connectivity index (χ3v) is 4.33. The van der Waals surface area contributed by atoms with E-state index in [9.17, 15) is 9.59 Å². The summed E-state index contributed by atoms with van der Waals surface area (Å²) >= 11 is 0. The number of anilines is 2. The summed E-state index contributed by atoms with van der Waals surface area (Å²) in [5.41, 5.74) is 4.28. The highest BCUT2D eigenvalue weighted by molar-refractivity contribution is 5.86. The molecule has 0 spiro atoms. The Kier molecular flexibility index (Phi) is 3.87. The average molecular weight is 305 g/mol. The summed E-state index contributed by atoms with van der Waals surface area (Å²) in [6, 6.07) is 15.6.